The van der Waals surface area contributed by atoms with Crippen LogP contribution in [0.1, 0.15) is 0 Å². The van der Waals surface area contributed by atoms with E-state index in [1.165, 1.54) is 36.3 Å². The fourth-order valence-corrected chi connectivity index (χ4v) is 10.9. The molecule has 298 valence electrons. The molecule has 0 aliphatic heterocycles. The summed E-state index contributed by atoms with van der Waals surface area (Å²) < 4.78 is 13.7. The predicted molar refractivity (Wildman–Crippen MR) is 263 cm³/mol. The molecule has 0 spiro atoms. The van der Waals surface area contributed by atoms with Crippen molar-refractivity contribution < 1.29 is 4.42 Å². The van der Waals surface area contributed by atoms with Gasteiger partial charge in [-0.3, -0.25) is 4.57 Å². The third-order valence-corrected chi connectivity index (χ3v) is 13.7. The van der Waals surface area contributed by atoms with Crippen molar-refractivity contribution in [2.75, 3.05) is 0 Å². The van der Waals surface area contributed by atoms with E-state index in [4.69, 9.17) is 24.4 Å². The second kappa shape index (κ2) is 13.5. The second-order valence-corrected chi connectivity index (χ2v) is 17.3. The largest absolute Gasteiger partial charge is 0.435 e. The first-order chi connectivity index (χ1) is 31.7. The van der Waals surface area contributed by atoms with Crippen molar-refractivity contribution in [3.8, 4) is 45.9 Å². The van der Waals surface area contributed by atoms with Crippen LogP contribution in [-0.2, 0) is 0 Å². The van der Waals surface area contributed by atoms with Crippen LogP contribution in [0.2, 0.25) is 0 Å². The highest BCUT2D eigenvalue weighted by Gasteiger charge is 2.25. The molecule has 0 aliphatic carbocycles. The summed E-state index contributed by atoms with van der Waals surface area (Å²) in [6, 6.07) is 68.1. The topological polar surface area (TPSA) is 74.6 Å². The smallest absolute Gasteiger partial charge is 0.238 e. The van der Waals surface area contributed by atoms with Crippen molar-refractivity contribution in [3.63, 3.8) is 0 Å². The first-order valence-electron chi connectivity index (χ1n) is 21.3. The zero-order valence-corrected chi connectivity index (χ0v) is 34.8. The van der Waals surface area contributed by atoms with Gasteiger partial charge in [-0.1, -0.05) is 140 Å². The molecule has 0 fully saturated rings. The van der Waals surface area contributed by atoms with E-state index in [1.807, 2.05) is 48.5 Å². The fourth-order valence-electron chi connectivity index (χ4n) is 9.77. The number of para-hydroxylation sites is 3. The lowest BCUT2D eigenvalue weighted by Crippen LogP contribution is -2.07. The average molecular weight is 837 g/mol. The molecule has 8 heteroatoms. The normalized spacial score (nSPS) is 12.1. The third-order valence-electron chi connectivity index (χ3n) is 12.6. The molecule has 7 nitrogen and oxygen atoms in total. The summed E-state index contributed by atoms with van der Waals surface area (Å²) in [6.45, 7) is 0. The highest BCUT2D eigenvalue weighted by molar-refractivity contribution is 7.25. The summed E-state index contributed by atoms with van der Waals surface area (Å²) in [5.74, 6) is 2.10. The molecule has 14 rings (SSSR count). The summed E-state index contributed by atoms with van der Waals surface area (Å²) in [5.41, 5.74) is 9.18. The maximum absolute atomic E-state index is 6.62. The molecule has 64 heavy (non-hydrogen) atoms. The molecule has 5 heterocycles. The van der Waals surface area contributed by atoms with Crippen LogP contribution in [0.5, 0.6) is 0 Å². The molecule has 0 radical (unpaired) electrons. The van der Waals surface area contributed by atoms with E-state index in [0.717, 1.165) is 66.1 Å². The minimum atomic E-state index is 0.491. The highest BCUT2D eigenvalue weighted by Crippen LogP contribution is 2.43. The quantitative estimate of drug-likeness (QED) is 0.173. The molecule has 0 amide bonds. The number of oxazole rings is 1. The number of nitrogens with zero attached hydrogens (tertiary/aromatic N) is 6. The Labute approximate surface area is 368 Å². The van der Waals surface area contributed by atoms with Crippen molar-refractivity contribution in [2.24, 2.45) is 0 Å². The Kier molecular flexibility index (Phi) is 7.43. The Balaban J connectivity index is 1.11. The molecule has 0 atom stereocenters. The van der Waals surface area contributed by atoms with Gasteiger partial charge in [0.1, 0.15) is 5.52 Å². The molecule has 0 saturated carbocycles. The van der Waals surface area contributed by atoms with Gasteiger partial charge in [0.25, 0.3) is 0 Å². The lowest BCUT2D eigenvalue weighted by molar-refractivity contribution is 0.620. The second-order valence-electron chi connectivity index (χ2n) is 16.2. The monoisotopic (exact) mass is 836 g/mol. The molecular weight excluding hydrogens is 805 g/mol. The van der Waals surface area contributed by atoms with Gasteiger partial charge in [-0.05, 0) is 60.0 Å². The molecule has 0 N–H and O–H groups in total. The fraction of sp³-hybridized carbons (Fsp3) is 0. The Hall–Kier alpha value is -8.46. The van der Waals surface area contributed by atoms with Gasteiger partial charge < -0.3 is 8.98 Å². The van der Waals surface area contributed by atoms with Crippen LogP contribution in [0.4, 0.5) is 0 Å². The van der Waals surface area contributed by atoms with E-state index < -0.39 is 0 Å². The average Bonchev–Trinajstić information content (AvgIpc) is 4.13. The van der Waals surface area contributed by atoms with Gasteiger partial charge in [-0.25, -0.2) is 9.97 Å². The highest BCUT2D eigenvalue weighted by atomic mass is 32.1. The van der Waals surface area contributed by atoms with Crippen LogP contribution in [0.25, 0.3) is 132 Å². The molecule has 0 saturated heterocycles. The van der Waals surface area contributed by atoms with Crippen molar-refractivity contribution in [1.29, 1.82) is 0 Å². The van der Waals surface area contributed by atoms with E-state index in [1.54, 1.807) is 11.3 Å². The van der Waals surface area contributed by atoms with Crippen molar-refractivity contribution in [3.05, 3.63) is 194 Å². The number of hydrogen-bond acceptors (Lipinski definition) is 6. The number of rotatable bonds is 5. The SMILES string of the molecule is c1ccc(-c2nc3cccc(-c4nc(-c5ccc6c(c5)sc5ccccc56)nc(-n5c6ccccc6c6ccc7c8ccccc8n(-c8cccc9ccccc89)c7c65)n4)c3o2)cc1. The van der Waals surface area contributed by atoms with E-state index in [-0.39, 0.29) is 0 Å². The van der Waals surface area contributed by atoms with Gasteiger partial charge in [0.05, 0.1) is 33.3 Å². The summed E-state index contributed by atoms with van der Waals surface area (Å²) in [4.78, 5) is 21.2. The van der Waals surface area contributed by atoms with Crippen LogP contribution < -0.4 is 0 Å². The maximum Gasteiger partial charge on any atom is 0.238 e. The zero-order chi connectivity index (χ0) is 41.9. The van der Waals surface area contributed by atoms with E-state index in [0.29, 0.717) is 29.1 Å². The van der Waals surface area contributed by atoms with Crippen LogP contribution in [0.3, 0.4) is 0 Å². The van der Waals surface area contributed by atoms with Gasteiger partial charge in [0.15, 0.2) is 17.2 Å². The number of benzene rings is 9. The van der Waals surface area contributed by atoms with E-state index in [9.17, 15) is 0 Å². The van der Waals surface area contributed by atoms with Crippen LogP contribution in [-0.4, -0.2) is 29.1 Å². The van der Waals surface area contributed by atoms with Gasteiger partial charge in [0.2, 0.25) is 11.8 Å². The van der Waals surface area contributed by atoms with Gasteiger partial charge in [-0.2, -0.15) is 9.97 Å². The van der Waals surface area contributed by atoms with E-state index in [2.05, 4.69) is 155 Å². The third kappa shape index (κ3) is 5.14. The lowest BCUT2D eigenvalue weighted by Gasteiger charge is -2.14. The molecule has 0 aliphatic rings. The van der Waals surface area contributed by atoms with E-state index >= 15 is 0 Å². The number of thiophene rings is 1. The first kappa shape index (κ1) is 35.2. The summed E-state index contributed by atoms with van der Waals surface area (Å²) in [7, 11) is 0. The van der Waals surface area contributed by atoms with Crippen LogP contribution >= 0.6 is 11.3 Å². The molecular formula is C56H32N6OS. The maximum atomic E-state index is 6.62. The Morgan fingerprint density at radius 2 is 1.03 bits per heavy atom. The predicted octanol–water partition coefficient (Wildman–Crippen LogP) is 14.7. The number of aromatic nitrogens is 6. The van der Waals surface area contributed by atoms with Crippen LogP contribution in [0.15, 0.2) is 199 Å². The van der Waals surface area contributed by atoms with Gasteiger partial charge >= 0.3 is 0 Å². The summed E-state index contributed by atoms with van der Waals surface area (Å²) in [6.07, 6.45) is 0. The minimum absolute atomic E-state index is 0.491. The summed E-state index contributed by atoms with van der Waals surface area (Å²) >= 11 is 1.78. The summed E-state index contributed by atoms with van der Waals surface area (Å²) in [5, 5.41) is 9.33. The Morgan fingerprint density at radius 3 is 1.86 bits per heavy atom. The van der Waals surface area contributed by atoms with Crippen molar-refractivity contribution in [1.82, 2.24) is 29.1 Å². The Bertz CT molecular complexity index is 4210. The zero-order valence-electron chi connectivity index (χ0n) is 34.0. The number of hydrogen-bond donors (Lipinski definition) is 0. The molecule has 0 bridgehead atoms. The van der Waals surface area contributed by atoms with Gasteiger partial charge in [-0.15, -0.1) is 11.3 Å². The van der Waals surface area contributed by atoms with Crippen molar-refractivity contribution in [2.45, 2.75) is 0 Å². The molecule has 5 aromatic heterocycles. The lowest BCUT2D eigenvalue weighted by atomic mass is 10.1. The van der Waals surface area contributed by atoms with Gasteiger partial charge in [0, 0.05) is 58.2 Å². The first-order valence-corrected chi connectivity index (χ1v) is 22.1. The standard InChI is InChI=1S/C56H32N6OS/c1-2-15-34(16-3-1)55-57-44-23-13-22-43(52(44)63-55)54-58-53(35-28-29-40-39-21-8-11-27-48(39)64-49(40)32-35)59-56(60-54)62-47-25-10-7-20-38(47)42-31-30-41-37-19-6-9-24-46(37)61(50(41)51(42)62)45-26-12-17-33-14-4-5-18-36(33)45/h1-32H. The molecule has 0 unspecified atom stereocenters. The number of fused-ring (bicyclic) bond motifs is 12. The molecule has 9 aromatic carbocycles. The van der Waals surface area contributed by atoms with Crippen LogP contribution in [0, 0.1) is 0 Å². The van der Waals surface area contributed by atoms with Crippen molar-refractivity contribution >= 4 is 97.0 Å². The molecule has 14 aromatic rings. The Morgan fingerprint density at radius 1 is 0.406 bits per heavy atom. The minimum Gasteiger partial charge on any atom is -0.435 e.